The van der Waals surface area contributed by atoms with Crippen molar-refractivity contribution in [1.82, 2.24) is 0 Å². The second kappa shape index (κ2) is 12.4. The van der Waals surface area contributed by atoms with E-state index in [0.29, 0.717) is 34.1 Å². The molecule has 0 aliphatic rings. The summed E-state index contributed by atoms with van der Waals surface area (Å²) in [4.78, 5) is 35.3. The third-order valence-electron chi connectivity index (χ3n) is 3.30. The number of unbranched alkanes of at least 4 members (excludes halogenated alkanes) is 2. The molecule has 0 aliphatic carbocycles. The summed E-state index contributed by atoms with van der Waals surface area (Å²) in [5.41, 5.74) is 1.08. The largest absolute Gasteiger partial charge is 0.463 e. The number of anilines is 1. The predicted octanol–water partition coefficient (Wildman–Crippen LogP) is 5.13. The first-order valence-corrected chi connectivity index (χ1v) is 11.7. The molecule has 150 valence electrons. The van der Waals surface area contributed by atoms with Gasteiger partial charge >= 0.3 is 11.9 Å². The topological polar surface area (TPSA) is 81.7 Å². The minimum atomic E-state index is -0.411. The molecule has 0 aromatic heterocycles. The first-order valence-electron chi connectivity index (χ1n) is 8.45. The Hall–Kier alpha value is -0.180. The van der Waals surface area contributed by atoms with Gasteiger partial charge in [0.1, 0.15) is 0 Å². The van der Waals surface area contributed by atoms with Crippen LogP contribution in [0.25, 0.3) is 0 Å². The zero-order chi connectivity index (χ0) is 20.6. The molecular formula is C18H22I3NO5. The van der Waals surface area contributed by atoms with E-state index in [9.17, 15) is 14.4 Å². The minimum Gasteiger partial charge on any atom is -0.463 e. The van der Waals surface area contributed by atoms with Gasteiger partial charge < -0.3 is 14.8 Å². The molecule has 1 amide bonds. The van der Waals surface area contributed by atoms with Gasteiger partial charge in [0.15, 0.2) is 0 Å². The van der Waals surface area contributed by atoms with Gasteiger partial charge in [-0.25, -0.2) is 4.79 Å². The van der Waals surface area contributed by atoms with E-state index < -0.39 is 5.97 Å². The smallest absolute Gasteiger partial charge is 0.340 e. The van der Waals surface area contributed by atoms with Crippen molar-refractivity contribution in [1.29, 1.82) is 0 Å². The van der Waals surface area contributed by atoms with Crippen LogP contribution in [0.5, 0.6) is 0 Å². The van der Waals surface area contributed by atoms with Gasteiger partial charge in [-0.3, -0.25) is 9.59 Å². The fraction of sp³-hybridized carbons (Fsp3) is 0.500. The lowest BCUT2D eigenvalue weighted by Crippen LogP contribution is -2.15. The number of benzene rings is 1. The van der Waals surface area contributed by atoms with Gasteiger partial charge in [-0.15, -0.1) is 0 Å². The molecule has 0 aliphatic heterocycles. The van der Waals surface area contributed by atoms with Crippen LogP contribution < -0.4 is 5.32 Å². The Morgan fingerprint density at radius 2 is 1.74 bits per heavy atom. The normalized spacial score (nSPS) is 10.6. The van der Waals surface area contributed by atoms with Crippen LogP contribution in [0.15, 0.2) is 6.07 Å². The molecule has 0 atom stereocenters. The molecule has 0 saturated carbocycles. The highest BCUT2D eigenvalue weighted by Crippen LogP contribution is 2.32. The van der Waals surface area contributed by atoms with E-state index in [1.54, 1.807) is 0 Å². The van der Waals surface area contributed by atoms with E-state index in [2.05, 4.69) is 73.1 Å². The summed E-state index contributed by atoms with van der Waals surface area (Å²) in [6.45, 7) is 5.36. The molecule has 0 fully saturated rings. The van der Waals surface area contributed by atoms with Gasteiger partial charge in [0.25, 0.3) is 0 Å². The van der Waals surface area contributed by atoms with Crippen LogP contribution in [-0.4, -0.2) is 30.6 Å². The lowest BCUT2D eigenvalue weighted by atomic mass is 10.2. The summed E-state index contributed by atoms with van der Waals surface area (Å²) in [5, 5.41) is 2.76. The van der Waals surface area contributed by atoms with Crippen LogP contribution in [0.4, 0.5) is 5.69 Å². The highest BCUT2D eigenvalue weighted by Gasteiger charge is 2.21. The standard InChI is InChI=1S/C18H22I3NO5/c1-10(2)27-14(24)7-5-4-6-8-26-18(25)15-12(19)9-13(20)17(16(15)21)22-11(3)23/h9-10H,4-8H2,1-3H3,(H,22,23). The average molecular weight is 713 g/mol. The lowest BCUT2D eigenvalue weighted by Gasteiger charge is -2.14. The predicted molar refractivity (Wildman–Crippen MR) is 129 cm³/mol. The van der Waals surface area contributed by atoms with Crippen LogP contribution in [0.1, 0.15) is 56.8 Å². The van der Waals surface area contributed by atoms with E-state index in [4.69, 9.17) is 9.47 Å². The lowest BCUT2D eigenvalue weighted by molar-refractivity contribution is -0.147. The van der Waals surface area contributed by atoms with Gasteiger partial charge in [-0.2, -0.15) is 0 Å². The Bertz CT molecular complexity index is 707. The SMILES string of the molecule is CC(=O)Nc1c(I)cc(I)c(C(=O)OCCCCCC(=O)OC(C)C)c1I. The van der Waals surface area contributed by atoms with Crippen molar-refractivity contribution in [3.8, 4) is 0 Å². The monoisotopic (exact) mass is 713 g/mol. The van der Waals surface area contributed by atoms with Gasteiger partial charge in [0.2, 0.25) is 5.91 Å². The zero-order valence-electron chi connectivity index (χ0n) is 15.4. The highest BCUT2D eigenvalue weighted by molar-refractivity contribution is 14.1. The van der Waals surface area contributed by atoms with Crippen LogP contribution in [-0.2, 0) is 19.1 Å². The van der Waals surface area contributed by atoms with Gasteiger partial charge in [-0.05, 0) is 107 Å². The Labute approximate surface area is 200 Å². The number of carbonyl (C=O) groups excluding carboxylic acids is 3. The molecule has 6 nitrogen and oxygen atoms in total. The third-order valence-corrected chi connectivity index (χ3v) is 6.08. The van der Waals surface area contributed by atoms with E-state index in [1.807, 2.05) is 19.9 Å². The van der Waals surface area contributed by atoms with Gasteiger partial charge in [0, 0.05) is 20.5 Å². The van der Waals surface area contributed by atoms with Gasteiger partial charge in [-0.1, -0.05) is 0 Å². The molecule has 1 rings (SSSR count). The van der Waals surface area contributed by atoms with E-state index in [0.717, 1.165) is 13.6 Å². The molecule has 1 aromatic carbocycles. The van der Waals surface area contributed by atoms with Crippen LogP contribution in [0.3, 0.4) is 0 Å². The maximum atomic E-state index is 12.5. The fourth-order valence-electron chi connectivity index (χ4n) is 2.18. The summed E-state index contributed by atoms with van der Waals surface area (Å²) in [5.74, 6) is -0.802. The maximum Gasteiger partial charge on any atom is 0.340 e. The van der Waals surface area contributed by atoms with Crippen molar-refractivity contribution >= 4 is 91.3 Å². The number of nitrogens with one attached hydrogen (secondary N) is 1. The van der Waals surface area contributed by atoms with Crippen molar-refractivity contribution in [3.63, 3.8) is 0 Å². The van der Waals surface area contributed by atoms with E-state index in [-0.39, 0.29) is 24.6 Å². The van der Waals surface area contributed by atoms with Crippen molar-refractivity contribution in [2.24, 2.45) is 0 Å². The fourth-order valence-corrected chi connectivity index (χ4v) is 6.26. The maximum absolute atomic E-state index is 12.5. The van der Waals surface area contributed by atoms with Crippen LogP contribution >= 0.6 is 67.8 Å². The summed E-state index contributed by atoms with van der Waals surface area (Å²) in [6.07, 6.45) is 2.43. The molecule has 1 N–H and O–H groups in total. The number of hydrogen-bond donors (Lipinski definition) is 1. The Morgan fingerprint density at radius 1 is 1.07 bits per heavy atom. The minimum absolute atomic E-state index is 0.0975. The van der Waals surface area contributed by atoms with E-state index in [1.165, 1.54) is 6.92 Å². The summed E-state index contributed by atoms with van der Waals surface area (Å²) < 4.78 is 12.8. The number of esters is 2. The molecule has 27 heavy (non-hydrogen) atoms. The number of carbonyl (C=O) groups is 3. The van der Waals surface area contributed by atoms with Crippen LogP contribution in [0.2, 0.25) is 0 Å². The molecular weight excluding hydrogens is 691 g/mol. The first-order chi connectivity index (χ1) is 12.6. The zero-order valence-corrected chi connectivity index (χ0v) is 21.8. The highest BCUT2D eigenvalue weighted by atomic mass is 127. The third kappa shape index (κ3) is 8.79. The van der Waals surface area contributed by atoms with Crippen molar-refractivity contribution in [2.75, 3.05) is 11.9 Å². The molecule has 0 radical (unpaired) electrons. The first kappa shape index (κ1) is 24.9. The number of ether oxygens (including phenoxy) is 2. The molecule has 0 unspecified atom stereocenters. The average Bonchev–Trinajstić information content (AvgIpc) is 2.53. The molecule has 9 heteroatoms. The van der Waals surface area contributed by atoms with E-state index >= 15 is 0 Å². The Kier molecular flexibility index (Phi) is 11.4. The summed E-state index contributed by atoms with van der Waals surface area (Å²) in [7, 11) is 0. The molecule has 0 heterocycles. The van der Waals surface area contributed by atoms with Crippen LogP contribution in [0, 0.1) is 10.7 Å². The number of rotatable bonds is 9. The number of amides is 1. The van der Waals surface area contributed by atoms with Crippen molar-refractivity contribution in [2.45, 2.75) is 52.6 Å². The molecule has 1 aromatic rings. The second-order valence-corrected chi connectivity index (χ2v) is 9.47. The quantitative estimate of drug-likeness (QED) is 0.218. The van der Waals surface area contributed by atoms with Crippen molar-refractivity contribution in [3.05, 3.63) is 22.3 Å². The summed E-state index contributed by atoms with van der Waals surface area (Å²) in [6, 6.07) is 1.84. The number of halogens is 3. The Morgan fingerprint density at radius 3 is 2.33 bits per heavy atom. The second-order valence-electron chi connectivity index (χ2n) is 6.07. The van der Waals surface area contributed by atoms with Gasteiger partial charge in [0.05, 0.1) is 27.5 Å². The van der Waals surface area contributed by atoms with Crippen molar-refractivity contribution < 1.29 is 23.9 Å². The Balaban J connectivity index is 2.56. The molecule has 0 bridgehead atoms. The summed E-state index contributed by atoms with van der Waals surface area (Å²) >= 11 is 6.28. The molecule has 0 spiro atoms. The number of hydrogen-bond acceptors (Lipinski definition) is 5. The molecule has 0 saturated heterocycles.